The van der Waals surface area contributed by atoms with Crippen molar-refractivity contribution >= 4 is 22.9 Å². The molecule has 2 aromatic rings. The third-order valence-corrected chi connectivity index (χ3v) is 4.41. The molecule has 1 aliphatic rings. The second-order valence-corrected chi connectivity index (χ2v) is 6.60. The lowest BCUT2D eigenvalue weighted by molar-refractivity contribution is 0.171. The van der Waals surface area contributed by atoms with Crippen LogP contribution in [-0.2, 0) is 13.0 Å². The van der Waals surface area contributed by atoms with Crippen LogP contribution in [0, 0.1) is 6.92 Å². The number of nitrogens with one attached hydrogen (secondary N) is 1. The number of fused-ring (bicyclic) bond motifs is 1. The van der Waals surface area contributed by atoms with E-state index in [1.807, 2.05) is 25.3 Å². The molecule has 0 saturated carbocycles. The highest BCUT2D eigenvalue weighted by atomic mass is 35.5. The average Bonchev–Trinajstić information content (AvgIpc) is 2.89. The lowest BCUT2D eigenvalue weighted by atomic mass is 10.1. The Morgan fingerprint density at radius 3 is 3.00 bits per heavy atom. The Bertz CT molecular complexity index is 630. The summed E-state index contributed by atoms with van der Waals surface area (Å²) in [4.78, 5) is 5.50. The molecule has 1 aliphatic heterocycles. The lowest BCUT2D eigenvalue weighted by Gasteiger charge is -2.20. The van der Waals surface area contributed by atoms with Gasteiger partial charge in [-0.3, -0.25) is 0 Å². The van der Waals surface area contributed by atoms with Gasteiger partial charge in [0.1, 0.15) is 13.2 Å². The summed E-state index contributed by atoms with van der Waals surface area (Å²) in [6.07, 6.45) is 2.82. The molecule has 0 atom stereocenters. The van der Waals surface area contributed by atoms with E-state index in [0.29, 0.717) is 24.0 Å². The fourth-order valence-electron chi connectivity index (χ4n) is 2.24. The van der Waals surface area contributed by atoms with E-state index >= 15 is 0 Å². The number of rotatable bonds is 5. The number of halogens is 1. The summed E-state index contributed by atoms with van der Waals surface area (Å²) in [6.45, 7) is 4.89. The number of nitrogens with zero attached hydrogens (tertiary/aromatic N) is 1. The Balaban J connectivity index is 1.54. The molecule has 6 heteroatoms. The van der Waals surface area contributed by atoms with Gasteiger partial charge in [-0.05, 0) is 37.6 Å². The number of hydrogen-bond acceptors (Lipinski definition) is 5. The Morgan fingerprint density at radius 1 is 1.33 bits per heavy atom. The van der Waals surface area contributed by atoms with E-state index in [2.05, 4.69) is 10.3 Å². The van der Waals surface area contributed by atoms with Crippen molar-refractivity contribution in [3.63, 3.8) is 0 Å². The topological polar surface area (TPSA) is 43.4 Å². The SMILES string of the molecule is Cc1ncc(CNCCc2cc(Cl)c3c(c2)OCCO3)s1. The molecular formula is C15H17ClN2O2S. The predicted molar refractivity (Wildman–Crippen MR) is 84.7 cm³/mol. The Kier molecular flexibility index (Phi) is 4.63. The second-order valence-electron chi connectivity index (χ2n) is 4.87. The van der Waals surface area contributed by atoms with Gasteiger partial charge in [0.15, 0.2) is 11.5 Å². The molecule has 3 rings (SSSR count). The number of aryl methyl sites for hydroxylation is 1. The summed E-state index contributed by atoms with van der Waals surface area (Å²) in [5, 5.41) is 5.15. The summed E-state index contributed by atoms with van der Waals surface area (Å²) in [5.41, 5.74) is 1.15. The highest BCUT2D eigenvalue weighted by molar-refractivity contribution is 7.11. The molecule has 112 valence electrons. The van der Waals surface area contributed by atoms with Crippen LogP contribution >= 0.6 is 22.9 Å². The first-order chi connectivity index (χ1) is 10.2. The monoisotopic (exact) mass is 324 g/mol. The van der Waals surface area contributed by atoms with Crippen LogP contribution in [-0.4, -0.2) is 24.7 Å². The summed E-state index contributed by atoms with van der Waals surface area (Å²) < 4.78 is 11.1. The minimum absolute atomic E-state index is 0.557. The van der Waals surface area contributed by atoms with E-state index in [1.54, 1.807) is 11.3 Å². The predicted octanol–water partition coefficient (Wildman–Crippen LogP) is 3.21. The van der Waals surface area contributed by atoms with Gasteiger partial charge < -0.3 is 14.8 Å². The van der Waals surface area contributed by atoms with Crippen molar-refractivity contribution in [1.29, 1.82) is 0 Å². The Labute approximate surface area is 133 Å². The molecule has 21 heavy (non-hydrogen) atoms. The van der Waals surface area contributed by atoms with Gasteiger partial charge in [0.2, 0.25) is 0 Å². The van der Waals surface area contributed by atoms with E-state index in [-0.39, 0.29) is 0 Å². The normalized spacial score (nSPS) is 13.4. The quantitative estimate of drug-likeness (QED) is 0.858. The molecule has 0 fully saturated rings. The van der Waals surface area contributed by atoms with E-state index in [0.717, 1.165) is 35.8 Å². The molecule has 0 saturated heterocycles. The molecule has 4 nitrogen and oxygen atoms in total. The summed E-state index contributed by atoms with van der Waals surface area (Å²) in [7, 11) is 0. The zero-order valence-corrected chi connectivity index (χ0v) is 13.4. The van der Waals surface area contributed by atoms with Crippen LogP contribution in [0.25, 0.3) is 0 Å². The molecule has 0 unspecified atom stereocenters. The lowest BCUT2D eigenvalue weighted by Crippen LogP contribution is -2.17. The summed E-state index contributed by atoms with van der Waals surface area (Å²) in [6, 6.07) is 3.96. The van der Waals surface area contributed by atoms with Gasteiger partial charge in [-0.2, -0.15) is 0 Å². The number of benzene rings is 1. The largest absolute Gasteiger partial charge is 0.486 e. The maximum atomic E-state index is 6.23. The van der Waals surface area contributed by atoms with Gasteiger partial charge in [-0.1, -0.05) is 11.6 Å². The van der Waals surface area contributed by atoms with Crippen molar-refractivity contribution in [1.82, 2.24) is 10.3 Å². The fraction of sp³-hybridized carbons (Fsp3) is 0.400. The number of aromatic nitrogens is 1. The van der Waals surface area contributed by atoms with Crippen LogP contribution in [0.15, 0.2) is 18.3 Å². The molecule has 1 aromatic carbocycles. The molecule has 2 heterocycles. The standard InChI is InChI=1S/C15H17ClN2O2S/c1-10-18-9-12(21-10)8-17-3-2-11-6-13(16)15-14(7-11)19-4-5-20-15/h6-7,9,17H,2-5,8H2,1H3. The maximum Gasteiger partial charge on any atom is 0.179 e. The van der Waals surface area contributed by atoms with Crippen molar-refractivity contribution in [3.05, 3.63) is 38.8 Å². The number of ether oxygens (including phenoxy) is 2. The third kappa shape index (κ3) is 3.67. The van der Waals surface area contributed by atoms with Crippen LogP contribution in [0.2, 0.25) is 5.02 Å². The highest BCUT2D eigenvalue weighted by Gasteiger charge is 2.16. The van der Waals surface area contributed by atoms with Crippen molar-refractivity contribution in [2.24, 2.45) is 0 Å². The summed E-state index contributed by atoms with van der Waals surface area (Å²) in [5.74, 6) is 1.42. The zero-order chi connectivity index (χ0) is 14.7. The minimum atomic E-state index is 0.557. The van der Waals surface area contributed by atoms with Crippen LogP contribution in [0.4, 0.5) is 0 Å². The molecule has 1 N–H and O–H groups in total. The molecule has 0 spiro atoms. The molecule has 0 radical (unpaired) electrons. The molecular weight excluding hydrogens is 308 g/mol. The third-order valence-electron chi connectivity index (χ3n) is 3.22. The van der Waals surface area contributed by atoms with E-state index in [1.165, 1.54) is 4.88 Å². The minimum Gasteiger partial charge on any atom is -0.486 e. The first-order valence-electron chi connectivity index (χ1n) is 6.92. The van der Waals surface area contributed by atoms with Gasteiger partial charge in [0, 0.05) is 17.6 Å². The van der Waals surface area contributed by atoms with Crippen molar-refractivity contribution in [3.8, 4) is 11.5 Å². The smallest absolute Gasteiger partial charge is 0.179 e. The van der Waals surface area contributed by atoms with Gasteiger partial charge in [0.05, 0.1) is 10.0 Å². The van der Waals surface area contributed by atoms with Crippen molar-refractivity contribution in [2.75, 3.05) is 19.8 Å². The fourth-order valence-corrected chi connectivity index (χ4v) is 3.29. The van der Waals surface area contributed by atoms with Crippen molar-refractivity contribution < 1.29 is 9.47 Å². The van der Waals surface area contributed by atoms with Crippen molar-refractivity contribution in [2.45, 2.75) is 19.9 Å². The second kappa shape index (κ2) is 6.64. The molecule has 1 aromatic heterocycles. The van der Waals surface area contributed by atoms with E-state index in [4.69, 9.17) is 21.1 Å². The first-order valence-corrected chi connectivity index (χ1v) is 8.12. The van der Waals surface area contributed by atoms with Gasteiger partial charge >= 0.3 is 0 Å². The Morgan fingerprint density at radius 2 is 2.19 bits per heavy atom. The van der Waals surface area contributed by atoms with Crippen LogP contribution < -0.4 is 14.8 Å². The average molecular weight is 325 g/mol. The van der Waals surface area contributed by atoms with Gasteiger partial charge in [-0.15, -0.1) is 11.3 Å². The number of thiazole rings is 1. The zero-order valence-electron chi connectivity index (χ0n) is 11.8. The van der Waals surface area contributed by atoms with Crippen LogP contribution in [0.3, 0.4) is 0 Å². The van der Waals surface area contributed by atoms with Gasteiger partial charge in [-0.25, -0.2) is 4.98 Å². The summed E-state index contributed by atoms with van der Waals surface area (Å²) >= 11 is 7.95. The van der Waals surface area contributed by atoms with Crippen LogP contribution in [0.1, 0.15) is 15.4 Å². The van der Waals surface area contributed by atoms with Crippen LogP contribution in [0.5, 0.6) is 11.5 Å². The number of hydrogen-bond donors (Lipinski definition) is 1. The highest BCUT2D eigenvalue weighted by Crippen LogP contribution is 2.38. The molecule has 0 bridgehead atoms. The molecule has 0 aliphatic carbocycles. The Hall–Kier alpha value is -1.30. The van der Waals surface area contributed by atoms with Gasteiger partial charge in [0.25, 0.3) is 0 Å². The van der Waals surface area contributed by atoms with E-state index < -0.39 is 0 Å². The first kappa shape index (κ1) is 14.6. The maximum absolute atomic E-state index is 6.23. The molecule has 0 amide bonds. The van der Waals surface area contributed by atoms with E-state index in [9.17, 15) is 0 Å².